The van der Waals surface area contributed by atoms with Gasteiger partial charge in [-0.2, -0.15) is 0 Å². The van der Waals surface area contributed by atoms with Crippen molar-refractivity contribution < 1.29 is 49.3 Å². The molecule has 3 aliphatic rings. The summed E-state index contributed by atoms with van der Waals surface area (Å²) in [5.41, 5.74) is -1.08. The van der Waals surface area contributed by atoms with E-state index in [0.717, 1.165) is 0 Å². The highest BCUT2D eigenvalue weighted by Gasteiger charge is 2.58. The lowest BCUT2D eigenvalue weighted by Crippen LogP contribution is -2.60. The van der Waals surface area contributed by atoms with Gasteiger partial charge in [0.1, 0.15) is 30.0 Å². The molecule has 0 spiro atoms. The molecule has 0 unspecified atom stereocenters. The summed E-state index contributed by atoms with van der Waals surface area (Å²) < 4.78 is 22.0. The number of rotatable bonds is 4. The normalized spacial score (nSPS) is 49.4. The third kappa shape index (κ3) is 3.70. The van der Waals surface area contributed by atoms with E-state index in [-0.39, 0.29) is 6.42 Å². The lowest BCUT2D eigenvalue weighted by Gasteiger charge is -2.44. The summed E-state index contributed by atoms with van der Waals surface area (Å²) in [6.45, 7) is 2.33. The molecule has 0 aromatic heterocycles. The van der Waals surface area contributed by atoms with Crippen molar-refractivity contribution in [2.75, 3.05) is 6.61 Å². The number of hydrogen-bond donors (Lipinski definition) is 5. The van der Waals surface area contributed by atoms with Crippen molar-refractivity contribution in [1.29, 1.82) is 0 Å². The van der Waals surface area contributed by atoms with Gasteiger partial charge in [-0.15, -0.1) is 0 Å². The van der Waals surface area contributed by atoms with E-state index in [2.05, 4.69) is 0 Å². The van der Waals surface area contributed by atoms with E-state index >= 15 is 0 Å². The Morgan fingerprint density at radius 2 is 1.89 bits per heavy atom. The number of hydrogen-bond acceptors (Lipinski definition) is 10. The molecule has 0 aromatic carbocycles. The maximum atomic E-state index is 11.5. The topological polar surface area (TPSA) is 155 Å². The van der Waals surface area contributed by atoms with Crippen LogP contribution in [-0.4, -0.2) is 86.8 Å². The molecule has 2 heterocycles. The van der Waals surface area contributed by atoms with Crippen LogP contribution in [-0.2, 0) is 23.7 Å². The fraction of sp³-hybridized carbons (Fsp3) is 0.824. The van der Waals surface area contributed by atoms with E-state index in [9.17, 15) is 30.3 Å². The van der Waals surface area contributed by atoms with Crippen LogP contribution >= 0.6 is 0 Å². The Labute approximate surface area is 155 Å². The number of aliphatic hydroxyl groups is 5. The number of ether oxygens (including phenoxy) is 4. The van der Waals surface area contributed by atoms with Crippen LogP contribution in [0.5, 0.6) is 0 Å². The van der Waals surface area contributed by atoms with Gasteiger partial charge < -0.3 is 44.5 Å². The molecule has 10 nitrogen and oxygen atoms in total. The molecule has 2 fully saturated rings. The zero-order valence-corrected chi connectivity index (χ0v) is 15.0. The SMILES string of the molecule is CC(=O)O[C@@]1(C)C[C@H](O)[C@@H]2C=CO[C@@H](O[C@H]3O[C@H](CO)[C@@H](O)[C@H](O)[C@H]3O)[C@@H]21. The fourth-order valence-corrected chi connectivity index (χ4v) is 4.22. The molecule has 5 N–H and O–H groups in total. The average Bonchev–Trinajstić information content (AvgIpc) is 2.86. The monoisotopic (exact) mass is 390 g/mol. The molecular weight excluding hydrogens is 364 g/mol. The van der Waals surface area contributed by atoms with Crippen LogP contribution in [0.1, 0.15) is 20.3 Å². The minimum absolute atomic E-state index is 0.171. The van der Waals surface area contributed by atoms with Crippen molar-refractivity contribution in [3.63, 3.8) is 0 Å². The van der Waals surface area contributed by atoms with Gasteiger partial charge in [0.25, 0.3) is 0 Å². The number of carbonyl (C=O) groups excluding carboxylic acids is 1. The molecule has 154 valence electrons. The summed E-state index contributed by atoms with van der Waals surface area (Å²) in [6.07, 6.45) is -5.92. The second kappa shape index (κ2) is 7.63. The van der Waals surface area contributed by atoms with Crippen molar-refractivity contribution in [2.24, 2.45) is 11.8 Å². The molecule has 0 amide bonds. The highest BCUT2D eigenvalue weighted by Crippen LogP contribution is 2.48. The Bertz CT molecular complexity index is 580. The Morgan fingerprint density at radius 1 is 1.19 bits per heavy atom. The van der Waals surface area contributed by atoms with E-state index in [0.29, 0.717) is 0 Å². The third-order valence-electron chi connectivity index (χ3n) is 5.48. The van der Waals surface area contributed by atoms with Gasteiger partial charge >= 0.3 is 5.97 Å². The van der Waals surface area contributed by atoms with E-state index in [1.165, 1.54) is 13.2 Å². The van der Waals surface area contributed by atoms with Gasteiger partial charge in [-0.05, 0) is 13.0 Å². The minimum Gasteiger partial charge on any atom is -0.472 e. The fourth-order valence-electron chi connectivity index (χ4n) is 4.22. The Balaban J connectivity index is 1.81. The second-order valence-corrected chi connectivity index (χ2v) is 7.45. The van der Waals surface area contributed by atoms with Crippen molar-refractivity contribution in [3.8, 4) is 0 Å². The molecule has 0 radical (unpaired) electrons. The molecule has 1 saturated heterocycles. The Hall–Kier alpha value is -1.27. The predicted molar refractivity (Wildman–Crippen MR) is 86.6 cm³/mol. The number of carbonyl (C=O) groups is 1. The first kappa shape index (κ1) is 20.5. The van der Waals surface area contributed by atoms with E-state index in [4.69, 9.17) is 18.9 Å². The highest BCUT2D eigenvalue weighted by atomic mass is 16.8. The standard InChI is InChI=1S/C17H26O10/c1-7(19)27-17(2)5-9(20)8-3-4-24-15(11(8)17)26-16-14(23)13(22)12(21)10(6-18)25-16/h3-4,8-16,18,20-23H,5-6H2,1-2H3/t8-,9-,10+,11+,12+,13-,14+,15-,16+,17-/m0/s1. The van der Waals surface area contributed by atoms with Crippen molar-refractivity contribution in [2.45, 2.75) is 69.0 Å². The van der Waals surface area contributed by atoms with Gasteiger partial charge in [-0.1, -0.05) is 0 Å². The smallest absolute Gasteiger partial charge is 0.303 e. The number of aliphatic hydroxyl groups excluding tert-OH is 5. The molecular formula is C17H26O10. The molecule has 10 heteroatoms. The van der Waals surface area contributed by atoms with Crippen LogP contribution in [0, 0.1) is 11.8 Å². The van der Waals surface area contributed by atoms with Gasteiger partial charge in [0, 0.05) is 19.3 Å². The van der Waals surface area contributed by atoms with Crippen molar-refractivity contribution in [3.05, 3.63) is 12.3 Å². The van der Waals surface area contributed by atoms with Crippen LogP contribution in [0.4, 0.5) is 0 Å². The summed E-state index contributed by atoms with van der Waals surface area (Å²) in [4.78, 5) is 11.5. The maximum absolute atomic E-state index is 11.5. The van der Waals surface area contributed by atoms with E-state index < -0.39 is 73.1 Å². The van der Waals surface area contributed by atoms with Crippen LogP contribution in [0.15, 0.2) is 12.3 Å². The quantitative estimate of drug-likeness (QED) is 0.340. The van der Waals surface area contributed by atoms with Crippen LogP contribution < -0.4 is 0 Å². The van der Waals surface area contributed by atoms with E-state index in [1.807, 2.05) is 0 Å². The first-order valence-electron chi connectivity index (χ1n) is 8.83. The summed E-state index contributed by atoms with van der Waals surface area (Å²) in [7, 11) is 0. The molecule has 0 aromatic rings. The van der Waals surface area contributed by atoms with Crippen LogP contribution in [0.3, 0.4) is 0 Å². The Morgan fingerprint density at radius 3 is 2.52 bits per heavy atom. The zero-order chi connectivity index (χ0) is 19.9. The molecule has 2 aliphatic heterocycles. The zero-order valence-electron chi connectivity index (χ0n) is 15.0. The molecule has 0 bridgehead atoms. The average molecular weight is 390 g/mol. The second-order valence-electron chi connectivity index (χ2n) is 7.45. The van der Waals surface area contributed by atoms with Gasteiger partial charge in [0.05, 0.1) is 24.9 Å². The lowest BCUT2D eigenvalue weighted by molar-refractivity contribution is -0.346. The van der Waals surface area contributed by atoms with Gasteiger partial charge in [0.2, 0.25) is 6.29 Å². The summed E-state index contributed by atoms with van der Waals surface area (Å²) >= 11 is 0. The number of esters is 1. The van der Waals surface area contributed by atoms with Gasteiger partial charge in [0.15, 0.2) is 6.29 Å². The first-order valence-corrected chi connectivity index (χ1v) is 8.83. The van der Waals surface area contributed by atoms with Gasteiger partial charge in [-0.3, -0.25) is 4.79 Å². The van der Waals surface area contributed by atoms with Crippen molar-refractivity contribution in [1.82, 2.24) is 0 Å². The predicted octanol–water partition coefficient (Wildman–Crippen LogP) is -2.01. The third-order valence-corrected chi connectivity index (χ3v) is 5.48. The van der Waals surface area contributed by atoms with Crippen LogP contribution in [0.2, 0.25) is 0 Å². The first-order chi connectivity index (χ1) is 12.7. The lowest BCUT2D eigenvalue weighted by atomic mass is 9.84. The summed E-state index contributed by atoms with van der Waals surface area (Å²) in [6, 6.07) is 0. The molecule has 3 rings (SSSR count). The van der Waals surface area contributed by atoms with Gasteiger partial charge in [-0.25, -0.2) is 0 Å². The summed E-state index contributed by atoms with van der Waals surface area (Å²) in [5.74, 6) is -1.54. The molecule has 27 heavy (non-hydrogen) atoms. The largest absolute Gasteiger partial charge is 0.472 e. The Kier molecular flexibility index (Phi) is 5.78. The minimum atomic E-state index is -1.60. The number of fused-ring (bicyclic) bond motifs is 1. The van der Waals surface area contributed by atoms with E-state index in [1.54, 1.807) is 13.0 Å². The van der Waals surface area contributed by atoms with Crippen molar-refractivity contribution >= 4 is 5.97 Å². The molecule has 1 saturated carbocycles. The maximum Gasteiger partial charge on any atom is 0.303 e. The summed E-state index contributed by atoms with van der Waals surface area (Å²) in [5, 5.41) is 49.6. The van der Waals surface area contributed by atoms with Crippen LogP contribution in [0.25, 0.3) is 0 Å². The molecule has 1 aliphatic carbocycles. The highest BCUT2D eigenvalue weighted by molar-refractivity contribution is 5.66. The molecule has 10 atom stereocenters.